The van der Waals surface area contributed by atoms with Crippen molar-refractivity contribution in [1.82, 2.24) is 4.90 Å². The second-order valence-electron chi connectivity index (χ2n) is 6.00. The summed E-state index contributed by atoms with van der Waals surface area (Å²) in [5.41, 5.74) is 1.07. The molecule has 2 aliphatic rings. The van der Waals surface area contributed by atoms with Gasteiger partial charge in [-0.2, -0.15) is 0 Å². The quantitative estimate of drug-likeness (QED) is 0.889. The summed E-state index contributed by atoms with van der Waals surface area (Å²) in [5.74, 6) is -0.737. The van der Waals surface area contributed by atoms with Crippen LogP contribution in [0.4, 0.5) is 0 Å². The third-order valence-corrected chi connectivity index (χ3v) is 4.51. The zero-order chi connectivity index (χ0) is 15.0. The maximum Gasteiger partial charge on any atom is 0.308 e. The van der Waals surface area contributed by atoms with E-state index < -0.39 is 11.9 Å². The number of nitrogens with zero attached hydrogens (tertiary/aromatic N) is 1. The number of hydrogen-bond acceptors (Lipinski definition) is 3. The molecular weight excluding hydrogens is 270 g/mol. The summed E-state index contributed by atoms with van der Waals surface area (Å²) < 4.78 is 0. The Balaban J connectivity index is 1.62. The van der Waals surface area contributed by atoms with E-state index in [2.05, 4.69) is 0 Å². The molecule has 0 aromatic heterocycles. The number of aliphatic carboxylic acids is 1. The molecule has 5 heteroatoms. The number of carbonyl (C=O) groups excluding carboxylic acids is 1. The van der Waals surface area contributed by atoms with E-state index in [1.807, 2.05) is 12.1 Å². The van der Waals surface area contributed by atoms with E-state index in [1.165, 1.54) is 0 Å². The molecular formula is C16H19NO4. The summed E-state index contributed by atoms with van der Waals surface area (Å²) >= 11 is 0. The van der Waals surface area contributed by atoms with Crippen molar-refractivity contribution < 1.29 is 19.8 Å². The van der Waals surface area contributed by atoms with Gasteiger partial charge in [0.15, 0.2) is 0 Å². The van der Waals surface area contributed by atoms with Crippen molar-refractivity contribution in [2.24, 2.45) is 11.8 Å². The summed E-state index contributed by atoms with van der Waals surface area (Å²) in [6.07, 6.45) is 2.24. The third kappa shape index (κ3) is 2.86. The van der Waals surface area contributed by atoms with Crippen molar-refractivity contribution in [2.75, 3.05) is 13.1 Å². The van der Waals surface area contributed by atoms with E-state index in [1.54, 1.807) is 17.0 Å². The number of likely N-dealkylation sites (tertiary alicyclic amines) is 1. The summed E-state index contributed by atoms with van der Waals surface area (Å²) in [7, 11) is 0. The van der Waals surface area contributed by atoms with Crippen molar-refractivity contribution in [2.45, 2.75) is 25.2 Å². The van der Waals surface area contributed by atoms with Crippen molar-refractivity contribution in [3.8, 4) is 5.75 Å². The van der Waals surface area contributed by atoms with Crippen molar-refractivity contribution >= 4 is 11.9 Å². The van der Waals surface area contributed by atoms with Gasteiger partial charge in [0.2, 0.25) is 5.91 Å². The first kappa shape index (κ1) is 13.9. The number of carboxylic acids is 1. The molecule has 0 bridgehead atoms. The van der Waals surface area contributed by atoms with E-state index in [-0.39, 0.29) is 23.5 Å². The molecule has 0 radical (unpaired) electrons. The van der Waals surface area contributed by atoms with Crippen molar-refractivity contribution in [1.29, 1.82) is 0 Å². The van der Waals surface area contributed by atoms with Crippen LogP contribution in [0.3, 0.4) is 0 Å². The summed E-state index contributed by atoms with van der Waals surface area (Å²) in [6, 6.07) is 6.97. The Hall–Kier alpha value is -2.04. The molecule has 1 amide bonds. The molecule has 1 aromatic carbocycles. The standard InChI is InChI=1S/C16H19NO4/c18-12-5-3-10(4-6-12)13-8-14(13)15(19)17-7-1-2-11(9-17)16(20)21/h3-6,11,13-14,18H,1-2,7-9H2,(H,20,21). The zero-order valence-corrected chi connectivity index (χ0v) is 11.7. The monoisotopic (exact) mass is 289 g/mol. The Morgan fingerprint density at radius 3 is 2.57 bits per heavy atom. The molecule has 0 spiro atoms. The van der Waals surface area contributed by atoms with Gasteiger partial charge in [0, 0.05) is 19.0 Å². The third-order valence-electron chi connectivity index (χ3n) is 4.51. The lowest BCUT2D eigenvalue weighted by Crippen LogP contribution is -2.43. The first-order valence-corrected chi connectivity index (χ1v) is 7.37. The second-order valence-corrected chi connectivity index (χ2v) is 6.00. The smallest absolute Gasteiger partial charge is 0.308 e. The van der Waals surface area contributed by atoms with Crippen LogP contribution >= 0.6 is 0 Å². The first-order valence-electron chi connectivity index (χ1n) is 7.37. The molecule has 1 aliphatic heterocycles. The number of carbonyl (C=O) groups is 2. The van der Waals surface area contributed by atoms with Crippen molar-refractivity contribution in [3.63, 3.8) is 0 Å². The molecule has 1 aromatic rings. The largest absolute Gasteiger partial charge is 0.508 e. The van der Waals surface area contributed by atoms with Gasteiger partial charge in [-0.3, -0.25) is 9.59 Å². The van der Waals surface area contributed by atoms with Crippen LogP contribution in [0.1, 0.15) is 30.7 Å². The highest BCUT2D eigenvalue weighted by molar-refractivity contribution is 5.84. The van der Waals surface area contributed by atoms with Gasteiger partial charge in [-0.05, 0) is 42.9 Å². The first-order chi connectivity index (χ1) is 10.1. The van der Waals surface area contributed by atoms with Crippen LogP contribution in [0, 0.1) is 11.8 Å². The zero-order valence-electron chi connectivity index (χ0n) is 11.7. The lowest BCUT2D eigenvalue weighted by molar-refractivity contribution is -0.146. The van der Waals surface area contributed by atoms with Gasteiger partial charge in [0.05, 0.1) is 5.92 Å². The average molecular weight is 289 g/mol. The summed E-state index contributed by atoms with van der Waals surface area (Å²) in [5, 5.41) is 18.4. The van der Waals surface area contributed by atoms with Crippen LogP contribution in [0.5, 0.6) is 5.75 Å². The number of amides is 1. The maximum atomic E-state index is 12.5. The predicted octanol–water partition coefficient (Wildman–Crippen LogP) is 1.82. The van der Waals surface area contributed by atoms with E-state index in [4.69, 9.17) is 5.11 Å². The highest BCUT2D eigenvalue weighted by Crippen LogP contribution is 2.49. The minimum atomic E-state index is -0.807. The number of piperidine rings is 1. The van der Waals surface area contributed by atoms with Crippen LogP contribution in [0.25, 0.3) is 0 Å². The second kappa shape index (κ2) is 5.39. The van der Waals surface area contributed by atoms with E-state index >= 15 is 0 Å². The van der Waals surface area contributed by atoms with Crippen LogP contribution < -0.4 is 0 Å². The highest BCUT2D eigenvalue weighted by atomic mass is 16.4. The minimum absolute atomic E-state index is 0.0258. The van der Waals surface area contributed by atoms with E-state index in [0.717, 1.165) is 18.4 Å². The molecule has 2 N–H and O–H groups in total. The number of phenolic OH excluding ortho intramolecular Hbond substituents is 1. The van der Waals surface area contributed by atoms with Crippen molar-refractivity contribution in [3.05, 3.63) is 29.8 Å². The van der Waals surface area contributed by atoms with Gasteiger partial charge in [0.1, 0.15) is 5.75 Å². The van der Waals surface area contributed by atoms with E-state index in [9.17, 15) is 14.7 Å². The highest BCUT2D eigenvalue weighted by Gasteiger charge is 2.46. The fourth-order valence-corrected chi connectivity index (χ4v) is 3.17. The topological polar surface area (TPSA) is 77.8 Å². The Morgan fingerprint density at radius 1 is 1.19 bits per heavy atom. The lowest BCUT2D eigenvalue weighted by atomic mass is 9.97. The predicted molar refractivity (Wildman–Crippen MR) is 75.9 cm³/mol. The van der Waals surface area contributed by atoms with Gasteiger partial charge in [-0.1, -0.05) is 12.1 Å². The number of carboxylic acid groups (broad SMARTS) is 1. The number of rotatable bonds is 3. The molecule has 1 heterocycles. The Labute approximate surface area is 123 Å². The van der Waals surface area contributed by atoms with Crippen LogP contribution in [0.2, 0.25) is 0 Å². The fraction of sp³-hybridized carbons (Fsp3) is 0.500. The van der Waals surface area contributed by atoms with Crippen LogP contribution in [-0.4, -0.2) is 40.1 Å². The molecule has 112 valence electrons. The Kier molecular flexibility index (Phi) is 3.57. The van der Waals surface area contributed by atoms with Gasteiger partial charge in [0.25, 0.3) is 0 Å². The summed E-state index contributed by atoms with van der Waals surface area (Å²) in [4.78, 5) is 25.2. The molecule has 3 atom stereocenters. The molecule has 5 nitrogen and oxygen atoms in total. The minimum Gasteiger partial charge on any atom is -0.508 e. The van der Waals surface area contributed by atoms with Gasteiger partial charge >= 0.3 is 5.97 Å². The molecule has 1 aliphatic carbocycles. The number of hydrogen-bond donors (Lipinski definition) is 2. The SMILES string of the molecule is O=C(O)C1CCCN(C(=O)C2CC2c2ccc(O)cc2)C1. The lowest BCUT2D eigenvalue weighted by Gasteiger charge is -2.31. The molecule has 1 saturated heterocycles. The van der Waals surface area contributed by atoms with Gasteiger partial charge < -0.3 is 15.1 Å². The maximum absolute atomic E-state index is 12.5. The van der Waals surface area contributed by atoms with Crippen LogP contribution in [-0.2, 0) is 9.59 Å². The van der Waals surface area contributed by atoms with Gasteiger partial charge in [-0.15, -0.1) is 0 Å². The molecule has 2 fully saturated rings. The van der Waals surface area contributed by atoms with Gasteiger partial charge in [-0.25, -0.2) is 0 Å². The Bertz CT molecular complexity index is 554. The molecule has 21 heavy (non-hydrogen) atoms. The van der Waals surface area contributed by atoms with E-state index in [0.29, 0.717) is 19.5 Å². The molecule has 3 rings (SSSR count). The fourth-order valence-electron chi connectivity index (χ4n) is 3.17. The number of benzene rings is 1. The average Bonchev–Trinajstić information content (AvgIpc) is 3.28. The normalized spacial score (nSPS) is 28.2. The number of phenols is 1. The molecule has 1 saturated carbocycles. The summed E-state index contributed by atoms with van der Waals surface area (Å²) in [6.45, 7) is 1.01. The Morgan fingerprint density at radius 2 is 1.90 bits per heavy atom. The van der Waals surface area contributed by atoms with Crippen LogP contribution in [0.15, 0.2) is 24.3 Å². The number of aromatic hydroxyl groups is 1. The molecule has 3 unspecified atom stereocenters.